The average Bonchev–Trinajstić information content (AvgIpc) is 3.20. The molecule has 1 aliphatic rings. The Morgan fingerprint density at radius 3 is 2.92 bits per heavy atom. The number of aryl methyl sites for hydroxylation is 2. The highest BCUT2D eigenvalue weighted by atomic mass is 19.1. The molecule has 4 N–H and O–H groups in total. The Morgan fingerprint density at radius 1 is 1.15 bits per heavy atom. The zero-order chi connectivity index (χ0) is 17.8. The molecule has 5 rings (SSSR count). The van der Waals surface area contributed by atoms with Gasteiger partial charge in [0.05, 0.1) is 12.2 Å². The van der Waals surface area contributed by atoms with Crippen LogP contribution in [0.5, 0.6) is 0 Å². The topological polar surface area (TPSA) is 101 Å². The van der Waals surface area contributed by atoms with Crippen molar-refractivity contribution in [1.29, 1.82) is 0 Å². The van der Waals surface area contributed by atoms with E-state index < -0.39 is 5.82 Å². The van der Waals surface area contributed by atoms with E-state index in [9.17, 15) is 4.39 Å². The van der Waals surface area contributed by atoms with Gasteiger partial charge < -0.3 is 16.0 Å². The molecule has 26 heavy (non-hydrogen) atoms. The highest BCUT2D eigenvalue weighted by molar-refractivity contribution is 6.03. The number of fused-ring (bicyclic) bond motifs is 3. The van der Waals surface area contributed by atoms with E-state index in [1.807, 2.05) is 16.9 Å². The molecular formula is C18H16FN7. The Hall–Kier alpha value is -3.42. The number of nitrogens with two attached hydrogens (primary N) is 2. The molecule has 3 aromatic heterocycles. The number of rotatable bonds is 1. The standard InChI is InChI=1S/C18H16FN7/c19-12-2-1-10-7-14(20)23-18(16(10)17(12)21)13-8-11-3-5-25-6-4-22-15(25)9-26(11)24-13/h1-2,4,6-8H,3,5,9,21H2,(H2,20,23). The SMILES string of the molecule is Nc1cc2ccc(F)c(N)c2c(-c2cc3n(n2)Cc2nccn2CC3)n1. The summed E-state index contributed by atoms with van der Waals surface area (Å²) in [5, 5.41) is 5.97. The molecular weight excluding hydrogens is 333 g/mol. The first kappa shape index (κ1) is 14.9. The van der Waals surface area contributed by atoms with Gasteiger partial charge in [-0.1, -0.05) is 6.07 Å². The van der Waals surface area contributed by atoms with Crippen LogP contribution in [0.2, 0.25) is 0 Å². The Bertz CT molecular complexity index is 1160. The third-order valence-electron chi connectivity index (χ3n) is 4.81. The smallest absolute Gasteiger partial charge is 0.146 e. The van der Waals surface area contributed by atoms with Gasteiger partial charge >= 0.3 is 0 Å². The lowest BCUT2D eigenvalue weighted by atomic mass is 10.0. The third kappa shape index (κ3) is 2.15. The molecule has 0 amide bonds. The Morgan fingerprint density at radius 2 is 2.04 bits per heavy atom. The van der Waals surface area contributed by atoms with E-state index in [1.54, 1.807) is 18.3 Å². The van der Waals surface area contributed by atoms with E-state index in [-0.39, 0.29) is 5.69 Å². The quantitative estimate of drug-likeness (QED) is 0.513. The summed E-state index contributed by atoms with van der Waals surface area (Å²) in [4.78, 5) is 8.79. The molecule has 0 aliphatic carbocycles. The van der Waals surface area contributed by atoms with E-state index in [2.05, 4.69) is 19.6 Å². The van der Waals surface area contributed by atoms with Gasteiger partial charge in [0.25, 0.3) is 0 Å². The lowest BCUT2D eigenvalue weighted by Gasteiger charge is -2.09. The number of pyridine rings is 1. The second-order valence-corrected chi connectivity index (χ2v) is 6.42. The first-order chi connectivity index (χ1) is 12.6. The number of hydrogen-bond donors (Lipinski definition) is 2. The van der Waals surface area contributed by atoms with Gasteiger partial charge in [-0.15, -0.1) is 0 Å². The summed E-state index contributed by atoms with van der Waals surface area (Å²) in [5.74, 6) is 0.819. The van der Waals surface area contributed by atoms with Crippen LogP contribution >= 0.6 is 0 Å². The molecule has 0 radical (unpaired) electrons. The molecule has 0 saturated heterocycles. The van der Waals surface area contributed by atoms with Crippen molar-refractivity contribution < 1.29 is 4.39 Å². The van der Waals surface area contributed by atoms with Crippen molar-refractivity contribution in [1.82, 2.24) is 24.3 Å². The van der Waals surface area contributed by atoms with Crippen molar-refractivity contribution in [3.8, 4) is 11.4 Å². The minimum atomic E-state index is -0.479. The Labute approximate surface area is 148 Å². The molecule has 0 bridgehead atoms. The molecule has 0 saturated carbocycles. The van der Waals surface area contributed by atoms with Crippen molar-refractivity contribution in [3.63, 3.8) is 0 Å². The van der Waals surface area contributed by atoms with E-state index in [0.29, 0.717) is 29.1 Å². The first-order valence-electron chi connectivity index (χ1n) is 8.31. The molecule has 0 spiro atoms. The Balaban J connectivity index is 1.71. The summed E-state index contributed by atoms with van der Waals surface area (Å²) < 4.78 is 18.1. The number of hydrogen-bond acceptors (Lipinski definition) is 5. The first-order valence-corrected chi connectivity index (χ1v) is 8.31. The maximum atomic E-state index is 14.0. The van der Waals surface area contributed by atoms with Crippen molar-refractivity contribution in [2.75, 3.05) is 11.5 Å². The minimum absolute atomic E-state index is 0.0590. The molecule has 4 heterocycles. The van der Waals surface area contributed by atoms with Crippen molar-refractivity contribution in [3.05, 3.63) is 54.0 Å². The van der Waals surface area contributed by atoms with Gasteiger partial charge in [-0.3, -0.25) is 4.68 Å². The number of nitrogens with zero attached hydrogens (tertiary/aromatic N) is 5. The fourth-order valence-corrected chi connectivity index (χ4v) is 3.53. The number of anilines is 2. The largest absolute Gasteiger partial charge is 0.396 e. The van der Waals surface area contributed by atoms with Gasteiger partial charge in [0.2, 0.25) is 0 Å². The second-order valence-electron chi connectivity index (χ2n) is 6.42. The van der Waals surface area contributed by atoms with Crippen LogP contribution in [0.15, 0.2) is 36.7 Å². The van der Waals surface area contributed by atoms with Gasteiger partial charge in [-0.25, -0.2) is 14.4 Å². The summed E-state index contributed by atoms with van der Waals surface area (Å²) in [6.45, 7) is 1.41. The number of halogens is 1. The molecule has 0 unspecified atom stereocenters. The van der Waals surface area contributed by atoms with Gasteiger partial charge in [0.15, 0.2) is 0 Å². The molecule has 1 aromatic carbocycles. The van der Waals surface area contributed by atoms with Gasteiger partial charge in [-0.2, -0.15) is 5.10 Å². The highest BCUT2D eigenvalue weighted by Gasteiger charge is 2.20. The summed E-state index contributed by atoms with van der Waals surface area (Å²) in [6.07, 6.45) is 4.58. The summed E-state index contributed by atoms with van der Waals surface area (Å²) in [5.41, 5.74) is 14.2. The lowest BCUT2D eigenvalue weighted by Crippen LogP contribution is -2.06. The third-order valence-corrected chi connectivity index (χ3v) is 4.81. The van der Waals surface area contributed by atoms with Crippen LogP contribution in [-0.4, -0.2) is 24.3 Å². The Kier molecular flexibility index (Phi) is 3.03. The monoisotopic (exact) mass is 349 g/mol. The molecule has 0 fully saturated rings. The summed E-state index contributed by atoms with van der Waals surface area (Å²) >= 11 is 0. The minimum Gasteiger partial charge on any atom is -0.396 e. The van der Waals surface area contributed by atoms with Crippen LogP contribution in [0.3, 0.4) is 0 Å². The predicted molar refractivity (Wildman–Crippen MR) is 96.8 cm³/mol. The summed E-state index contributed by atoms with van der Waals surface area (Å²) in [7, 11) is 0. The molecule has 0 atom stereocenters. The maximum Gasteiger partial charge on any atom is 0.146 e. The molecule has 130 valence electrons. The average molecular weight is 349 g/mol. The van der Waals surface area contributed by atoms with Crippen molar-refractivity contribution >= 4 is 22.3 Å². The normalized spacial score (nSPS) is 13.4. The van der Waals surface area contributed by atoms with E-state index in [4.69, 9.17) is 11.5 Å². The lowest BCUT2D eigenvalue weighted by molar-refractivity contribution is 0.634. The fourth-order valence-electron chi connectivity index (χ4n) is 3.53. The van der Waals surface area contributed by atoms with Crippen molar-refractivity contribution in [2.45, 2.75) is 19.5 Å². The van der Waals surface area contributed by atoms with E-state index in [1.165, 1.54) is 6.07 Å². The molecule has 1 aliphatic heterocycles. The fraction of sp³-hybridized carbons (Fsp3) is 0.167. The summed E-state index contributed by atoms with van der Waals surface area (Å²) in [6, 6.07) is 6.65. The van der Waals surface area contributed by atoms with Crippen LogP contribution in [0.25, 0.3) is 22.2 Å². The molecule has 4 aromatic rings. The van der Waals surface area contributed by atoms with Crippen LogP contribution in [0.4, 0.5) is 15.9 Å². The number of imidazole rings is 1. The van der Waals surface area contributed by atoms with E-state index >= 15 is 0 Å². The van der Waals surface area contributed by atoms with Gasteiger partial charge in [0, 0.05) is 36.4 Å². The van der Waals surface area contributed by atoms with Gasteiger partial charge in [0.1, 0.15) is 28.8 Å². The zero-order valence-electron chi connectivity index (χ0n) is 13.9. The number of benzene rings is 1. The molecule has 7 nitrogen and oxygen atoms in total. The van der Waals surface area contributed by atoms with Crippen LogP contribution in [0, 0.1) is 5.82 Å². The van der Waals surface area contributed by atoms with Gasteiger partial charge in [-0.05, 0) is 23.6 Å². The maximum absolute atomic E-state index is 14.0. The van der Waals surface area contributed by atoms with Crippen LogP contribution < -0.4 is 11.5 Å². The second kappa shape index (κ2) is 5.29. The zero-order valence-corrected chi connectivity index (χ0v) is 13.9. The van der Waals surface area contributed by atoms with E-state index in [0.717, 1.165) is 29.9 Å². The number of nitrogen functional groups attached to an aromatic ring is 2. The molecule has 8 heteroatoms. The number of aromatic nitrogens is 5. The predicted octanol–water partition coefficient (Wildman–Crippen LogP) is 2.20. The highest BCUT2D eigenvalue weighted by Crippen LogP contribution is 2.34. The van der Waals surface area contributed by atoms with Crippen molar-refractivity contribution in [2.24, 2.45) is 0 Å². The van der Waals surface area contributed by atoms with Crippen LogP contribution in [-0.2, 0) is 19.5 Å². The van der Waals surface area contributed by atoms with Crippen LogP contribution in [0.1, 0.15) is 11.5 Å².